The molecule has 0 aromatic carbocycles. The first-order valence-corrected chi connectivity index (χ1v) is 5.30. The lowest BCUT2D eigenvalue weighted by Crippen LogP contribution is -2.52. The van der Waals surface area contributed by atoms with E-state index in [1.165, 1.54) is 6.26 Å². The van der Waals surface area contributed by atoms with Gasteiger partial charge in [-0.25, -0.2) is 0 Å². The van der Waals surface area contributed by atoms with Crippen LogP contribution < -0.4 is 10.6 Å². The number of rotatable bonds is 3. The molecule has 17 heavy (non-hydrogen) atoms. The zero-order chi connectivity index (χ0) is 12.3. The second-order valence-corrected chi connectivity index (χ2v) is 3.83. The van der Waals surface area contributed by atoms with Crippen molar-refractivity contribution < 1.29 is 18.8 Å². The second kappa shape index (κ2) is 4.82. The molecule has 0 bridgehead atoms. The number of piperidine rings is 1. The zero-order valence-corrected chi connectivity index (χ0v) is 9.06. The predicted molar refractivity (Wildman–Crippen MR) is 56.7 cm³/mol. The number of nitrogens with one attached hydrogen (secondary N) is 2. The average Bonchev–Trinajstić information content (AvgIpc) is 2.75. The lowest BCUT2D eigenvalue weighted by molar-refractivity contribution is -0.137. The fourth-order valence-corrected chi connectivity index (χ4v) is 1.65. The summed E-state index contributed by atoms with van der Waals surface area (Å²) in [4.78, 5) is 33.8. The third-order valence-electron chi connectivity index (χ3n) is 2.49. The maximum atomic E-state index is 11.6. The first-order chi connectivity index (χ1) is 8.15. The molecule has 6 heteroatoms. The molecule has 2 rings (SSSR count). The van der Waals surface area contributed by atoms with E-state index >= 15 is 0 Å². The summed E-state index contributed by atoms with van der Waals surface area (Å²) in [6.45, 7) is 0. The highest BCUT2D eigenvalue weighted by molar-refractivity contribution is 6.01. The summed E-state index contributed by atoms with van der Waals surface area (Å²) in [6.07, 6.45) is 2.16. The number of furan rings is 1. The van der Waals surface area contributed by atoms with Gasteiger partial charge in [-0.1, -0.05) is 0 Å². The van der Waals surface area contributed by atoms with E-state index in [0.29, 0.717) is 12.2 Å². The van der Waals surface area contributed by atoms with Crippen molar-refractivity contribution in [2.24, 2.45) is 0 Å². The summed E-state index contributed by atoms with van der Waals surface area (Å²) in [5, 5.41) is 4.74. The molecule has 1 aromatic heterocycles. The molecule has 6 nitrogen and oxygen atoms in total. The second-order valence-electron chi connectivity index (χ2n) is 3.83. The maximum absolute atomic E-state index is 11.6. The van der Waals surface area contributed by atoms with Crippen molar-refractivity contribution in [2.45, 2.75) is 25.3 Å². The van der Waals surface area contributed by atoms with Crippen molar-refractivity contribution in [3.63, 3.8) is 0 Å². The van der Waals surface area contributed by atoms with E-state index < -0.39 is 11.9 Å². The normalized spacial score (nSPS) is 19.9. The van der Waals surface area contributed by atoms with Gasteiger partial charge in [-0.05, 0) is 18.6 Å². The Hall–Kier alpha value is -2.11. The number of carbonyl (C=O) groups excluding carboxylic acids is 3. The van der Waals surface area contributed by atoms with Crippen LogP contribution in [0.5, 0.6) is 0 Å². The summed E-state index contributed by atoms with van der Waals surface area (Å²) >= 11 is 0. The topological polar surface area (TPSA) is 88.4 Å². The Bertz CT molecular complexity index is 438. The Morgan fingerprint density at radius 3 is 3.00 bits per heavy atom. The van der Waals surface area contributed by atoms with Crippen molar-refractivity contribution in [1.82, 2.24) is 10.6 Å². The minimum atomic E-state index is -0.629. The van der Waals surface area contributed by atoms with Gasteiger partial charge in [-0.3, -0.25) is 19.7 Å². The standard InChI is InChI=1S/C11H12N2O4/c14-9-4-3-8(11(16)13-9)12-10(15)6-7-2-1-5-17-7/h1-2,5,8H,3-4,6H2,(H,12,15)(H,13,14,16). The van der Waals surface area contributed by atoms with Crippen LogP contribution in [-0.4, -0.2) is 23.8 Å². The van der Waals surface area contributed by atoms with E-state index in [1.54, 1.807) is 12.1 Å². The third kappa shape index (κ3) is 2.93. The van der Waals surface area contributed by atoms with Crippen LogP contribution in [0.2, 0.25) is 0 Å². The highest BCUT2D eigenvalue weighted by Gasteiger charge is 2.27. The Kier molecular flexibility index (Phi) is 3.22. The molecule has 1 fully saturated rings. The van der Waals surface area contributed by atoms with Crippen LogP contribution in [0.15, 0.2) is 22.8 Å². The van der Waals surface area contributed by atoms with Gasteiger partial charge in [0.2, 0.25) is 17.7 Å². The van der Waals surface area contributed by atoms with Gasteiger partial charge in [0.1, 0.15) is 11.8 Å². The van der Waals surface area contributed by atoms with Crippen LogP contribution >= 0.6 is 0 Å². The van der Waals surface area contributed by atoms with Crippen molar-refractivity contribution in [1.29, 1.82) is 0 Å². The van der Waals surface area contributed by atoms with Gasteiger partial charge in [0.05, 0.1) is 12.7 Å². The SMILES string of the molecule is O=C1CCC(NC(=O)Cc2ccco2)C(=O)N1. The van der Waals surface area contributed by atoms with E-state index in [9.17, 15) is 14.4 Å². The summed E-state index contributed by atoms with van der Waals surface area (Å²) in [7, 11) is 0. The van der Waals surface area contributed by atoms with E-state index in [1.807, 2.05) is 0 Å². The number of amides is 3. The fraction of sp³-hybridized carbons (Fsp3) is 0.364. The van der Waals surface area contributed by atoms with Gasteiger partial charge in [0.15, 0.2) is 0 Å². The van der Waals surface area contributed by atoms with Crippen LogP contribution in [0.1, 0.15) is 18.6 Å². The molecule has 1 saturated heterocycles. The van der Waals surface area contributed by atoms with Crippen LogP contribution in [0, 0.1) is 0 Å². The molecule has 0 aliphatic carbocycles. The van der Waals surface area contributed by atoms with Gasteiger partial charge >= 0.3 is 0 Å². The van der Waals surface area contributed by atoms with Crippen LogP contribution in [0.25, 0.3) is 0 Å². The smallest absolute Gasteiger partial charge is 0.249 e. The van der Waals surface area contributed by atoms with Crippen molar-refractivity contribution in [2.75, 3.05) is 0 Å². The molecule has 0 spiro atoms. The number of imide groups is 1. The summed E-state index contributed by atoms with van der Waals surface area (Å²) in [6, 6.07) is 2.74. The van der Waals surface area contributed by atoms with Crippen LogP contribution in [0.3, 0.4) is 0 Å². The third-order valence-corrected chi connectivity index (χ3v) is 2.49. The molecule has 1 aromatic rings. The molecule has 0 radical (unpaired) electrons. The zero-order valence-electron chi connectivity index (χ0n) is 9.06. The molecular weight excluding hydrogens is 224 g/mol. The first-order valence-electron chi connectivity index (χ1n) is 5.30. The number of carbonyl (C=O) groups is 3. The largest absolute Gasteiger partial charge is 0.469 e. The summed E-state index contributed by atoms with van der Waals surface area (Å²) < 4.78 is 5.02. The van der Waals surface area contributed by atoms with Gasteiger partial charge in [-0.2, -0.15) is 0 Å². The lowest BCUT2D eigenvalue weighted by Gasteiger charge is -2.21. The monoisotopic (exact) mass is 236 g/mol. The molecule has 2 heterocycles. The maximum Gasteiger partial charge on any atom is 0.249 e. The summed E-state index contributed by atoms with van der Waals surface area (Å²) in [5.74, 6) is -0.509. The lowest BCUT2D eigenvalue weighted by atomic mass is 10.1. The Morgan fingerprint density at radius 2 is 2.35 bits per heavy atom. The first kappa shape index (κ1) is 11.4. The predicted octanol–water partition coefficient (Wildman–Crippen LogP) is -0.257. The Balaban J connectivity index is 1.86. The average molecular weight is 236 g/mol. The Labute approximate surface area is 97.4 Å². The Morgan fingerprint density at radius 1 is 1.53 bits per heavy atom. The minimum Gasteiger partial charge on any atom is -0.469 e. The quantitative estimate of drug-likeness (QED) is 0.708. The van der Waals surface area contributed by atoms with Crippen LogP contribution in [-0.2, 0) is 20.8 Å². The van der Waals surface area contributed by atoms with Gasteiger partial charge in [0, 0.05) is 6.42 Å². The molecular formula is C11H12N2O4. The molecule has 1 atom stereocenters. The molecule has 1 unspecified atom stereocenters. The van der Waals surface area contributed by atoms with E-state index in [0.717, 1.165) is 0 Å². The van der Waals surface area contributed by atoms with Crippen molar-refractivity contribution >= 4 is 17.7 Å². The molecule has 2 N–H and O–H groups in total. The molecule has 1 aliphatic heterocycles. The minimum absolute atomic E-state index is 0.0880. The highest BCUT2D eigenvalue weighted by Crippen LogP contribution is 2.06. The molecule has 3 amide bonds. The fourth-order valence-electron chi connectivity index (χ4n) is 1.65. The van der Waals surface area contributed by atoms with Crippen LogP contribution in [0.4, 0.5) is 0 Å². The number of hydrogen-bond donors (Lipinski definition) is 2. The van der Waals surface area contributed by atoms with E-state index in [4.69, 9.17) is 4.42 Å². The highest BCUT2D eigenvalue weighted by atomic mass is 16.3. The van der Waals surface area contributed by atoms with Gasteiger partial charge in [-0.15, -0.1) is 0 Å². The van der Waals surface area contributed by atoms with Crippen molar-refractivity contribution in [3.05, 3.63) is 24.2 Å². The molecule has 1 aliphatic rings. The van der Waals surface area contributed by atoms with E-state index in [-0.39, 0.29) is 24.7 Å². The van der Waals surface area contributed by atoms with E-state index in [2.05, 4.69) is 10.6 Å². The molecule has 90 valence electrons. The summed E-state index contributed by atoms with van der Waals surface area (Å²) in [5.41, 5.74) is 0. The van der Waals surface area contributed by atoms with Gasteiger partial charge in [0.25, 0.3) is 0 Å². The van der Waals surface area contributed by atoms with Gasteiger partial charge < -0.3 is 9.73 Å². The number of hydrogen-bond acceptors (Lipinski definition) is 4. The van der Waals surface area contributed by atoms with Crippen molar-refractivity contribution in [3.8, 4) is 0 Å². The molecule has 0 saturated carbocycles.